The van der Waals surface area contributed by atoms with E-state index in [0.717, 1.165) is 34.1 Å². The molecule has 4 heteroatoms. The summed E-state index contributed by atoms with van der Waals surface area (Å²) >= 11 is 0. The minimum atomic E-state index is 0.00991. The van der Waals surface area contributed by atoms with Crippen LogP contribution in [0.4, 0.5) is 34.1 Å². The minimum absolute atomic E-state index is 0.00991. The highest BCUT2D eigenvalue weighted by Gasteiger charge is 2.30. The van der Waals surface area contributed by atoms with Crippen molar-refractivity contribution in [3.05, 3.63) is 253 Å². The maximum Gasteiger partial charge on any atom is 0.0641 e. The Labute approximate surface area is 505 Å². The van der Waals surface area contributed by atoms with Gasteiger partial charge >= 0.3 is 0 Å². The third-order valence-electron chi connectivity index (χ3n) is 18.6. The molecule has 0 aliphatic rings. The summed E-state index contributed by atoms with van der Waals surface area (Å²) in [5.74, 6) is 0. The molecular formula is C82H74N4. The number of benzene rings is 11. The fraction of sp³-hybridized carbons (Fsp3) is 0.195. The number of para-hydroxylation sites is 4. The van der Waals surface area contributed by atoms with E-state index in [4.69, 9.17) is 0 Å². The molecule has 4 aromatic heterocycles. The molecule has 0 amide bonds. The van der Waals surface area contributed by atoms with Gasteiger partial charge in [0.2, 0.25) is 0 Å². The molecule has 11 aromatic carbocycles. The molecule has 0 aliphatic heterocycles. The molecule has 0 spiro atoms. The first-order chi connectivity index (χ1) is 41.2. The lowest BCUT2D eigenvalue weighted by Crippen LogP contribution is -2.14. The number of hydrogen-bond acceptors (Lipinski definition) is 2. The molecule has 86 heavy (non-hydrogen) atoms. The molecule has 15 rings (SSSR count). The van der Waals surface area contributed by atoms with E-state index in [9.17, 15) is 0 Å². The fourth-order valence-electron chi connectivity index (χ4n) is 14.0. The van der Waals surface area contributed by atoms with Crippen LogP contribution in [0.1, 0.15) is 105 Å². The number of fused-ring (bicyclic) bond motifs is 12. The Kier molecular flexibility index (Phi) is 11.8. The second kappa shape index (κ2) is 19.1. The summed E-state index contributed by atoms with van der Waals surface area (Å²) in [5, 5.41) is 9.93. The van der Waals surface area contributed by atoms with Gasteiger partial charge < -0.3 is 18.6 Å². The minimum Gasteiger partial charge on any atom is -0.309 e. The third kappa shape index (κ3) is 8.31. The van der Waals surface area contributed by atoms with Gasteiger partial charge in [-0.25, -0.2) is 0 Å². The van der Waals surface area contributed by atoms with Crippen molar-refractivity contribution in [3.63, 3.8) is 0 Å². The highest BCUT2D eigenvalue weighted by atomic mass is 15.2. The van der Waals surface area contributed by atoms with Crippen LogP contribution in [0.2, 0.25) is 0 Å². The van der Waals surface area contributed by atoms with Gasteiger partial charge in [0.15, 0.2) is 0 Å². The molecule has 0 saturated heterocycles. The van der Waals surface area contributed by atoms with Crippen LogP contribution in [0.3, 0.4) is 0 Å². The second-order valence-electron chi connectivity index (χ2n) is 28.3. The lowest BCUT2D eigenvalue weighted by Gasteiger charge is -2.30. The summed E-state index contributed by atoms with van der Waals surface area (Å²) in [5.41, 5.74) is 24.3. The summed E-state index contributed by atoms with van der Waals surface area (Å²) < 4.78 is 5.14. The molecule has 0 N–H and O–H groups in total. The van der Waals surface area contributed by atoms with Crippen LogP contribution in [0.25, 0.3) is 98.4 Å². The summed E-state index contributed by atoms with van der Waals surface area (Å²) in [6, 6.07) is 87.8. The maximum atomic E-state index is 2.57. The average molecular weight is 1120 g/mol. The van der Waals surface area contributed by atoms with Crippen molar-refractivity contribution < 1.29 is 0 Å². The quantitative estimate of drug-likeness (QED) is 0.151. The van der Waals surface area contributed by atoms with E-state index in [1.807, 2.05) is 0 Å². The standard InChI is InChI=1S/C82H74N4/c1-79(2,3)53-33-29-51(30-34-53)59-21-13-17-25-67(59)83(57-41-37-55(38-42-57)81(7,8)9)71-47-45-61-65-49-74-66(50-73(65)85-69-27-19-15-23-63(69)75(71)77(61)85)62-46-48-72(76-64-24-16-20-28-70(64)86(74)78(62)76)84(58-43-39-56(40-44-58)82(10,11)12)68-26-18-14-22-60(68)52-31-35-54(36-32-52)80(4,5)6/h13-50H,1-12H3. The van der Waals surface area contributed by atoms with E-state index < -0.39 is 0 Å². The van der Waals surface area contributed by atoms with Crippen LogP contribution in [0.15, 0.2) is 231 Å². The molecule has 4 nitrogen and oxygen atoms in total. The van der Waals surface area contributed by atoms with E-state index in [0.29, 0.717) is 0 Å². The van der Waals surface area contributed by atoms with Gasteiger partial charge in [0.1, 0.15) is 0 Å². The Morgan fingerprint density at radius 1 is 0.256 bits per heavy atom. The zero-order chi connectivity index (χ0) is 59.3. The van der Waals surface area contributed by atoms with E-state index in [1.165, 1.54) is 121 Å². The van der Waals surface area contributed by atoms with Gasteiger partial charge in [-0.1, -0.05) is 241 Å². The van der Waals surface area contributed by atoms with E-state index in [2.05, 4.69) is 332 Å². The van der Waals surface area contributed by atoms with Gasteiger partial charge in [0.25, 0.3) is 0 Å². The first kappa shape index (κ1) is 53.4. The first-order valence-corrected chi connectivity index (χ1v) is 30.8. The van der Waals surface area contributed by atoms with Crippen LogP contribution in [0, 0.1) is 0 Å². The molecule has 4 heterocycles. The van der Waals surface area contributed by atoms with Crippen LogP contribution in [-0.4, -0.2) is 8.80 Å². The summed E-state index contributed by atoms with van der Waals surface area (Å²) in [6.07, 6.45) is 0. The Hall–Kier alpha value is -9.38. The molecule has 422 valence electrons. The van der Waals surface area contributed by atoms with Crippen molar-refractivity contribution in [1.82, 2.24) is 8.80 Å². The molecule has 0 saturated carbocycles. The molecule has 15 aromatic rings. The number of anilines is 6. The number of aromatic nitrogens is 2. The lowest BCUT2D eigenvalue weighted by atomic mass is 9.86. The summed E-state index contributed by atoms with van der Waals surface area (Å²) in [6.45, 7) is 27.5. The zero-order valence-electron chi connectivity index (χ0n) is 51.7. The molecule has 0 fully saturated rings. The van der Waals surface area contributed by atoms with E-state index >= 15 is 0 Å². The normalized spacial score (nSPS) is 12.9. The fourth-order valence-corrected chi connectivity index (χ4v) is 14.0. The highest BCUT2D eigenvalue weighted by molar-refractivity contribution is 6.32. The van der Waals surface area contributed by atoms with Gasteiger partial charge in [-0.05, 0) is 128 Å². The van der Waals surface area contributed by atoms with Crippen molar-refractivity contribution >= 4 is 110 Å². The molecule has 0 atom stereocenters. The summed E-state index contributed by atoms with van der Waals surface area (Å²) in [7, 11) is 0. The number of nitrogens with zero attached hydrogens (tertiary/aromatic N) is 4. The first-order valence-electron chi connectivity index (χ1n) is 30.8. The second-order valence-corrected chi connectivity index (χ2v) is 28.3. The number of hydrogen-bond donors (Lipinski definition) is 0. The van der Waals surface area contributed by atoms with Crippen LogP contribution >= 0.6 is 0 Å². The van der Waals surface area contributed by atoms with Gasteiger partial charge in [0.05, 0.1) is 55.8 Å². The van der Waals surface area contributed by atoms with Crippen molar-refractivity contribution in [1.29, 1.82) is 0 Å². The van der Waals surface area contributed by atoms with Gasteiger partial charge in [-0.3, -0.25) is 0 Å². The van der Waals surface area contributed by atoms with Crippen LogP contribution in [-0.2, 0) is 21.7 Å². The predicted octanol–water partition coefficient (Wildman–Crippen LogP) is 23.5. The van der Waals surface area contributed by atoms with Crippen LogP contribution < -0.4 is 9.80 Å². The van der Waals surface area contributed by atoms with Crippen molar-refractivity contribution in [2.24, 2.45) is 0 Å². The van der Waals surface area contributed by atoms with Gasteiger partial charge in [0, 0.05) is 65.6 Å². The topological polar surface area (TPSA) is 15.3 Å². The monoisotopic (exact) mass is 1110 g/mol. The molecule has 0 unspecified atom stereocenters. The average Bonchev–Trinajstić information content (AvgIpc) is 1.53. The number of rotatable bonds is 8. The largest absolute Gasteiger partial charge is 0.309 e. The predicted molar refractivity (Wildman–Crippen MR) is 371 cm³/mol. The zero-order valence-corrected chi connectivity index (χ0v) is 51.7. The van der Waals surface area contributed by atoms with Crippen LogP contribution in [0.5, 0.6) is 0 Å². The Morgan fingerprint density at radius 2 is 0.570 bits per heavy atom. The van der Waals surface area contributed by atoms with E-state index in [-0.39, 0.29) is 21.7 Å². The van der Waals surface area contributed by atoms with Crippen molar-refractivity contribution in [3.8, 4) is 22.3 Å². The Morgan fingerprint density at radius 3 is 0.919 bits per heavy atom. The summed E-state index contributed by atoms with van der Waals surface area (Å²) in [4.78, 5) is 5.05. The Bertz CT molecular complexity index is 4780. The highest BCUT2D eigenvalue weighted by Crippen LogP contribution is 2.53. The SMILES string of the molecule is CC(C)(C)c1ccc(-c2ccccc2N(c2ccc(C(C)(C)C)cc2)c2ccc3c4cc5c(cc4n4c6ccccc6c2c34)c2ccc(N(c3ccc(C(C)(C)C)cc3)c3ccccc3-c3ccc(C(C)(C)C)cc3)c3c4ccccc4n5c23)cc1. The smallest absolute Gasteiger partial charge is 0.0641 e. The maximum absolute atomic E-state index is 2.57. The molecule has 0 bridgehead atoms. The van der Waals surface area contributed by atoms with Crippen molar-refractivity contribution in [2.75, 3.05) is 9.80 Å². The molecular weight excluding hydrogens is 1040 g/mol. The molecule has 0 aliphatic carbocycles. The van der Waals surface area contributed by atoms with Gasteiger partial charge in [-0.2, -0.15) is 0 Å². The van der Waals surface area contributed by atoms with E-state index in [1.54, 1.807) is 0 Å². The Balaban J connectivity index is 0.973. The lowest BCUT2D eigenvalue weighted by molar-refractivity contribution is 0.590. The van der Waals surface area contributed by atoms with Gasteiger partial charge in [-0.15, -0.1) is 0 Å². The third-order valence-corrected chi connectivity index (χ3v) is 18.6. The van der Waals surface area contributed by atoms with Crippen molar-refractivity contribution in [2.45, 2.75) is 105 Å². The molecule has 0 radical (unpaired) electrons.